The van der Waals surface area contributed by atoms with Crippen LogP contribution >= 0.6 is 0 Å². The molecule has 0 amide bonds. The molecule has 29 nitrogen and oxygen atoms in total. The number of piperidine rings is 3. The summed E-state index contributed by atoms with van der Waals surface area (Å²) >= 11 is 0. The Bertz CT molecular complexity index is 6300. The molecule has 3 N–H and O–H groups in total. The largest absolute Gasteiger partial charge is 0.491 e. The van der Waals surface area contributed by atoms with E-state index in [1.807, 2.05) is 90.4 Å². The Hall–Kier alpha value is -12.8. The number of nitriles is 3. The number of fused-ring (bicyclic) bond motifs is 9. The van der Waals surface area contributed by atoms with Crippen LogP contribution in [0.5, 0.6) is 29.1 Å². The van der Waals surface area contributed by atoms with Gasteiger partial charge in [-0.2, -0.15) is 31.1 Å². The lowest BCUT2D eigenvalue weighted by atomic mass is 9.41. The Balaban J connectivity index is 0.000000119. The van der Waals surface area contributed by atoms with Crippen molar-refractivity contribution in [3.63, 3.8) is 0 Å². The second-order valence-electron chi connectivity index (χ2n) is 34.6. The van der Waals surface area contributed by atoms with E-state index in [-0.39, 0.29) is 30.0 Å². The number of ether oxygens (including phenoxy) is 5. The minimum Gasteiger partial charge on any atom is -0.491 e. The molecule has 9 saturated heterocycles. The number of aliphatic hydroxyl groups is 3. The first kappa shape index (κ1) is 71.1. The van der Waals surface area contributed by atoms with Crippen LogP contribution < -0.4 is 38.4 Å². The van der Waals surface area contributed by atoms with E-state index in [9.17, 15) is 31.1 Å². The molecule has 6 unspecified atom stereocenters. The van der Waals surface area contributed by atoms with Crippen LogP contribution in [0.25, 0.3) is 49.9 Å². The summed E-state index contributed by atoms with van der Waals surface area (Å²) in [5, 5.41) is 72.6. The van der Waals surface area contributed by atoms with E-state index in [2.05, 4.69) is 96.9 Å². The first-order valence-corrected chi connectivity index (χ1v) is 41.1. The normalized spacial score (nSPS) is 24.0. The van der Waals surface area contributed by atoms with Gasteiger partial charge in [0.1, 0.15) is 65.5 Å². The average Bonchev–Trinajstić information content (AvgIpc) is 0.867. The van der Waals surface area contributed by atoms with Gasteiger partial charge in [0.15, 0.2) is 0 Å². The highest BCUT2D eigenvalue weighted by molar-refractivity contribution is 5.88. The lowest BCUT2D eigenvalue weighted by molar-refractivity contribution is -0.269. The molecule has 14 fully saturated rings. The molecule has 6 atom stereocenters. The van der Waals surface area contributed by atoms with Gasteiger partial charge in [0.2, 0.25) is 17.6 Å². The molecule has 14 aliphatic rings. The fraction of sp³-hybridized carbons (Fsp3) is 0.391. The van der Waals surface area contributed by atoms with Crippen molar-refractivity contribution in [2.45, 2.75) is 157 Å². The number of pyridine rings is 9. The quantitative estimate of drug-likeness (QED) is 0.0531. The molecule has 5 aliphatic carbocycles. The molecule has 612 valence electrons. The fourth-order valence-electron chi connectivity index (χ4n) is 18.5. The summed E-state index contributed by atoms with van der Waals surface area (Å²) in [6, 6.07) is 37.5. The maximum atomic E-state index is 10.2. The van der Waals surface area contributed by atoms with Crippen LogP contribution in [0, 0.1) is 51.2 Å². The van der Waals surface area contributed by atoms with Crippen molar-refractivity contribution >= 4 is 34.0 Å². The first-order chi connectivity index (χ1) is 60.7. The molecule has 5 saturated carbocycles. The zero-order chi connectivity index (χ0) is 86.8. The molecule has 121 heavy (non-hydrogen) atoms. The summed E-state index contributed by atoms with van der Waals surface area (Å²) in [5.74, 6) is 11.2. The van der Waals surface area contributed by atoms with Crippen LogP contribution in [0.2, 0.25) is 0 Å². The Morgan fingerprint density at radius 1 is 0.512 bits per heavy atom. The number of hydrogen-bond acceptors (Lipinski definition) is 26. The molecule has 0 spiro atoms. The average molecular weight is 1620 g/mol. The molecule has 12 aromatic heterocycles. The fourth-order valence-corrected chi connectivity index (χ4v) is 18.5. The van der Waals surface area contributed by atoms with Gasteiger partial charge in [0.05, 0.1) is 100 Å². The minimum absolute atomic E-state index is 0.0634. The number of methoxy groups -OCH3 is 2. The van der Waals surface area contributed by atoms with Crippen molar-refractivity contribution in [2.75, 3.05) is 81.3 Å². The molecular weight excluding hydrogens is 1530 g/mol. The number of hydrogen-bond donors (Lipinski definition) is 3. The van der Waals surface area contributed by atoms with E-state index in [1.165, 1.54) is 12.0 Å². The van der Waals surface area contributed by atoms with Crippen LogP contribution in [0.15, 0.2) is 165 Å². The third-order valence-electron chi connectivity index (χ3n) is 25.0. The van der Waals surface area contributed by atoms with Crippen LogP contribution in [-0.2, 0) is 19.6 Å². The molecule has 0 aromatic carbocycles. The van der Waals surface area contributed by atoms with Crippen LogP contribution in [0.4, 0.5) is 17.5 Å². The van der Waals surface area contributed by atoms with E-state index in [4.69, 9.17) is 45.5 Å². The van der Waals surface area contributed by atoms with Gasteiger partial charge in [0, 0.05) is 204 Å². The van der Waals surface area contributed by atoms with Gasteiger partial charge >= 0.3 is 0 Å². The van der Waals surface area contributed by atoms with Gasteiger partial charge in [-0.15, -0.1) is 0 Å². The topological polar surface area (TPSA) is 327 Å². The van der Waals surface area contributed by atoms with Crippen molar-refractivity contribution in [1.82, 2.24) is 73.4 Å². The van der Waals surface area contributed by atoms with Gasteiger partial charge in [-0.3, -0.25) is 14.7 Å². The molecule has 9 aliphatic heterocycles. The van der Waals surface area contributed by atoms with Gasteiger partial charge in [-0.05, 0) is 149 Å². The first-order valence-electron chi connectivity index (χ1n) is 43.6. The Morgan fingerprint density at radius 3 is 1.36 bits per heavy atom. The van der Waals surface area contributed by atoms with Gasteiger partial charge < -0.3 is 53.7 Å². The van der Waals surface area contributed by atoms with Crippen LogP contribution in [0.1, 0.15) is 124 Å². The number of rotatable bonds is 22. The summed E-state index contributed by atoms with van der Waals surface area (Å²) in [4.78, 5) is 41.2. The Kier molecular flexibility index (Phi) is 18.1. The monoisotopic (exact) mass is 1620 g/mol. The molecule has 21 heterocycles. The summed E-state index contributed by atoms with van der Waals surface area (Å²) in [6.07, 6.45) is 30.3. The van der Waals surface area contributed by atoms with E-state index < -0.39 is 30.3 Å². The molecule has 8 bridgehead atoms. The van der Waals surface area contributed by atoms with E-state index in [0.29, 0.717) is 119 Å². The standard InChI is InChI=1S/C31H31N7O3.C31H33N7O3.C30H27N7O2/c1-40-28-5-2-20(9-34-28)12-37-23-6-24(37)14-36(13-23)27-4-3-21(10-33-27)26-7-25(15-38-29(26)22(8-32)11-35-38)41-19-30-16-31(39,17-30)18-30;1-31(2,39)19-40-26-10-27(30-22(11-32)14-35-38(30)18-26)21-4-7-28(33-13-21)36-16-23-9-24(17-36)37(23)15-20-3-8-29(34-12-20)41-25-5-6-25;1-39-28-5-2-21(13-33-28)16-36-24-11-25(36)19-35(18-24)27-4-3-22(14-32-27)26-10-20(6-7-30(38)8-9-30)17-37-29(26)23(12-31)15-34-37/h2-5,7,9-11,15,23-24,39H,6,12-14,16-19H2,1H3;3-4,7-8,10,12-14,18,23-25,39H,5-6,9,15-17,19H2,1-2H3;2-5,10,13-15,17,24-25,38H,8-9,11,16,18-19H2,1H3/i1D3;;16D2. The molecule has 0 radical (unpaired) electrons. The Morgan fingerprint density at radius 2 is 0.950 bits per heavy atom. The van der Waals surface area contributed by atoms with E-state index >= 15 is 0 Å². The second-order valence-corrected chi connectivity index (χ2v) is 34.6. The molecule has 26 rings (SSSR count). The highest BCUT2D eigenvalue weighted by atomic mass is 16.5. The maximum absolute atomic E-state index is 10.2. The van der Waals surface area contributed by atoms with Crippen molar-refractivity contribution < 1.29 is 45.9 Å². The maximum Gasteiger partial charge on any atom is 0.213 e. The SMILES string of the molecule is CC(C)(O)COc1cc(-c2ccc(N3CC4CC(C3)N4Cc3ccc(OC4CC4)nc3)nc2)c2c(C#N)cnn2c1.[2H]C([2H])([2H])Oc1ccc(CN2C3CC2CN(c2ccc(-c4cc(OCC56CC(O)(C5)C6)cn5ncc(C#N)c45)cn2)C3)cn1.[2H]C([2H])(c1ccc(OC)nc1)N1C2CC1CN(c1ccc(-c3cc(C#CC4(O)CC4)cn4ncc(C#N)c34)cn1)C2. The zero-order valence-electron chi connectivity index (χ0n) is 72.0. The summed E-state index contributed by atoms with van der Waals surface area (Å²) < 4.78 is 72.2. The summed E-state index contributed by atoms with van der Waals surface area (Å²) in [5.41, 5.74) is 9.75. The Labute approximate surface area is 706 Å². The predicted molar refractivity (Wildman–Crippen MR) is 448 cm³/mol. The lowest BCUT2D eigenvalue weighted by Gasteiger charge is -2.67. The van der Waals surface area contributed by atoms with Gasteiger partial charge in [-0.1, -0.05) is 30.0 Å². The van der Waals surface area contributed by atoms with Crippen LogP contribution in [0.3, 0.4) is 0 Å². The van der Waals surface area contributed by atoms with Crippen molar-refractivity contribution in [2.24, 2.45) is 5.41 Å². The third-order valence-corrected chi connectivity index (χ3v) is 25.0. The minimum atomic E-state index is -2.51. The van der Waals surface area contributed by atoms with Crippen molar-refractivity contribution in [1.29, 1.82) is 15.8 Å². The van der Waals surface area contributed by atoms with E-state index in [1.54, 1.807) is 102 Å². The molecular formula is C92H91N21O8. The lowest BCUT2D eigenvalue weighted by Crippen LogP contribution is -2.69. The van der Waals surface area contributed by atoms with Crippen molar-refractivity contribution in [3.05, 3.63) is 204 Å². The number of nitrogens with zero attached hydrogens (tertiary/aromatic N) is 21. The summed E-state index contributed by atoms with van der Waals surface area (Å²) in [7, 11) is -0.968. The number of anilines is 3. The highest BCUT2D eigenvalue weighted by Gasteiger charge is 2.67. The van der Waals surface area contributed by atoms with Gasteiger partial charge in [-0.25, -0.2) is 43.5 Å². The van der Waals surface area contributed by atoms with E-state index in [0.717, 1.165) is 152 Å². The smallest absolute Gasteiger partial charge is 0.213 e. The predicted octanol–water partition coefficient (Wildman–Crippen LogP) is 10.3. The second kappa shape index (κ2) is 30.8. The summed E-state index contributed by atoms with van der Waals surface area (Å²) in [6.45, 7) is 9.04. The van der Waals surface area contributed by atoms with Crippen molar-refractivity contribution in [3.8, 4) is 92.6 Å². The molecule has 29 heteroatoms. The van der Waals surface area contributed by atoms with Crippen LogP contribution in [-0.4, -0.2) is 215 Å². The highest BCUT2D eigenvalue weighted by Crippen LogP contribution is 2.67. The number of aromatic nitrogens is 12. The zero-order valence-corrected chi connectivity index (χ0v) is 67.0. The number of piperazine rings is 3. The van der Waals surface area contributed by atoms with Gasteiger partial charge in [0.25, 0.3) is 0 Å². The molecule has 12 aromatic rings. The third kappa shape index (κ3) is 15.5.